The number of aryl methyl sites for hydroxylation is 1. The van der Waals surface area contributed by atoms with E-state index in [9.17, 15) is 9.18 Å². The lowest BCUT2D eigenvalue weighted by atomic mass is 10.0. The second kappa shape index (κ2) is 7.97. The van der Waals surface area contributed by atoms with E-state index in [0.717, 1.165) is 29.8 Å². The molecule has 1 heterocycles. The number of carbonyl (C=O) groups is 1. The molecule has 4 nitrogen and oxygen atoms in total. The van der Waals surface area contributed by atoms with Gasteiger partial charge in [0, 0.05) is 40.5 Å². The molecule has 0 saturated carbocycles. The first kappa shape index (κ1) is 19.0. The molecular weight excluding hydrogens is 375 g/mol. The Morgan fingerprint density at radius 2 is 2.00 bits per heavy atom. The van der Waals surface area contributed by atoms with Crippen molar-refractivity contribution in [1.82, 2.24) is 8.87 Å². The number of fused-ring (bicyclic) bond motifs is 3. The van der Waals surface area contributed by atoms with Crippen LogP contribution in [-0.2, 0) is 17.8 Å². The normalized spacial score (nSPS) is 16.0. The van der Waals surface area contributed by atoms with Gasteiger partial charge in [0.25, 0.3) is 0 Å². The van der Waals surface area contributed by atoms with E-state index < -0.39 is 5.97 Å². The second-order valence-electron chi connectivity index (χ2n) is 7.26. The van der Waals surface area contributed by atoms with Crippen molar-refractivity contribution in [3.05, 3.63) is 65.6 Å². The van der Waals surface area contributed by atoms with Crippen LogP contribution in [0.15, 0.2) is 53.4 Å². The zero-order chi connectivity index (χ0) is 19.7. The Morgan fingerprint density at radius 1 is 1.25 bits per heavy atom. The topological polar surface area (TPSA) is 45.5 Å². The number of aliphatic carboxylic acids is 1. The highest BCUT2D eigenvalue weighted by atomic mass is 32.2. The number of hydrogen-bond donors (Lipinski definition) is 1. The Labute approximate surface area is 168 Å². The van der Waals surface area contributed by atoms with Gasteiger partial charge >= 0.3 is 5.97 Å². The molecule has 0 bridgehead atoms. The van der Waals surface area contributed by atoms with Gasteiger partial charge in [-0.05, 0) is 67.7 Å². The molecule has 28 heavy (non-hydrogen) atoms. The highest BCUT2D eigenvalue weighted by molar-refractivity contribution is 7.97. The predicted octanol–water partition coefficient (Wildman–Crippen LogP) is 4.92. The summed E-state index contributed by atoms with van der Waals surface area (Å²) in [6.45, 7) is 1.40. The number of carboxylic acids is 1. The maximum absolute atomic E-state index is 13.1. The number of aromatic nitrogens is 1. The van der Waals surface area contributed by atoms with Crippen LogP contribution in [0.5, 0.6) is 0 Å². The summed E-state index contributed by atoms with van der Waals surface area (Å²) in [6.07, 6.45) is 2.18. The summed E-state index contributed by atoms with van der Waals surface area (Å²) in [4.78, 5) is 12.1. The fourth-order valence-electron chi connectivity index (χ4n) is 4.23. The number of nitrogens with zero attached hydrogens (tertiary/aromatic N) is 2. The lowest BCUT2D eigenvalue weighted by molar-refractivity contribution is -0.137. The van der Waals surface area contributed by atoms with Crippen LogP contribution in [0, 0.1) is 5.82 Å². The van der Waals surface area contributed by atoms with Crippen LogP contribution in [0.4, 0.5) is 4.39 Å². The van der Waals surface area contributed by atoms with Crippen molar-refractivity contribution in [2.24, 2.45) is 0 Å². The average Bonchev–Trinajstić information content (AvgIpc) is 3.20. The van der Waals surface area contributed by atoms with Crippen LogP contribution in [0.2, 0.25) is 0 Å². The van der Waals surface area contributed by atoms with Gasteiger partial charge in [0.15, 0.2) is 0 Å². The van der Waals surface area contributed by atoms with Crippen LogP contribution in [-0.4, -0.2) is 33.5 Å². The second-order valence-corrected chi connectivity index (χ2v) is 8.54. The number of halogens is 1. The zero-order valence-corrected chi connectivity index (χ0v) is 16.6. The summed E-state index contributed by atoms with van der Waals surface area (Å²) in [5.74, 6) is -0.581. The van der Waals surface area contributed by atoms with Gasteiger partial charge in [0.2, 0.25) is 0 Å². The quantitative estimate of drug-likeness (QED) is 0.574. The zero-order valence-electron chi connectivity index (χ0n) is 15.8. The molecule has 3 aromatic rings. The van der Waals surface area contributed by atoms with E-state index in [1.807, 2.05) is 6.07 Å². The first-order chi connectivity index (χ1) is 13.5. The van der Waals surface area contributed by atoms with Gasteiger partial charge in [0.05, 0.1) is 6.42 Å². The third-order valence-corrected chi connectivity index (χ3v) is 6.30. The minimum atomic E-state index is -0.767. The van der Waals surface area contributed by atoms with E-state index in [2.05, 4.69) is 34.1 Å². The van der Waals surface area contributed by atoms with E-state index in [0.29, 0.717) is 12.5 Å². The van der Waals surface area contributed by atoms with Crippen LogP contribution in [0.25, 0.3) is 10.9 Å². The van der Waals surface area contributed by atoms with E-state index in [4.69, 9.17) is 5.11 Å². The SMILES string of the molecule is CN(CC1CCc2c1c1ccccc1n2CCC(=O)O)Sc1ccc(F)cc1. The fraction of sp³-hybridized carbons (Fsp3) is 0.318. The van der Waals surface area contributed by atoms with Gasteiger partial charge in [-0.3, -0.25) is 4.79 Å². The minimum absolute atomic E-state index is 0.135. The Balaban J connectivity index is 1.57. The van der Waals surface area contributed by atoms with Crippen LogP contribution in [0.1, 0.15) is 30.0 Å². The Morgan fingerprint density at radius 3 is 2.75 bits per heavy atom. The summed E-state index contributed by atoms with van der Waals surface area (Å²) in [5.41, 5.74) is 3.78. The monoisotopic (exact) mass is 398 g/mol. The first-order valence-corrected chi connectivity index (χ1v) is 10.3. The molecule has 0 radical (unpaired) electrons. The molecule has 1 unspecified atom stereocenters. The van der Waals surface area contributed by atoms with Crippen molar-refractivity contribution in [1.29, 1.82) is 0 Å². The highest BCUT2D eigenvalue weighted by Crippen LogP contribution is 2.42. The van der Waals surface area contributed by atoms with Crippen molar-refractivity contribution < 1.29 is 14.3 Å². The van der Waals surface area contributed by atoms with Gasteiger partial charge < -0.3 is 9.67 Å². The summed E-state index contributed by atoms with van der Waals surface area (Å²) in [6, 6.07) is 14.9. The highest BCUT2D eigenvalue weighted by Gasteiger charge is 2.30. The molecule has 0 spiro atoms. The molecule has 0 fully saturated rings. The number of carboxylic acid groups (broad SMARTS) is 1. The molecule has 146 valence electrons. The van der Waals surface area contributed by atoms with Crippen LogP contribution in [0.3, 0.4) is 0 Å². The molecule has 1 aliphatic rings. The number of hydrogen-bond acceptors (Lipinski definition) is 3. The summed E-state index contributed by atoms with van der Waals surface area (Å²) in [7, 11) is 2.07. The Hall–Kier alpha value is -2.31. The summed E-state index contributed by atoms with van der Waals surface area (Å²) < 4.78 is 17.5. The fourth-order valence-corrected chi connectivity index (χ4v) is 5.10. The number of para-hydroxylation sites is 1. The van der Waals surface area contributed by atoms with E-state index >= 15 is 0 Å². The molecule has 0 aliphatic heterocycles. The van der Waals surface area contributed by atoms with E-state index in [1.54, 1.807) is 24.1 Å². The lowest BCUT2D eigenvalue weighted by Gasteiger charge is -2.20. The predicted molar refractivity (Wildman–Crippen MR) is 110 cm³/mol. The molecule has 1 aliphatic carbocycles. The number of likely N-dealkylation sites (N-methyl/N-ethyl adjacent to an activating group) is 1. The molecule has 6 heteroatoms. The third kappa shape index (κ3) is 3.80. The van der Waals surface area contributed by atoms with Crippen molar-refractivity contribution >= 4 is 28.8 Å². The van der Waals surface area contributed by atoms with Crippen molar-refractivity contribution in [3.8, 4) is 0 Å². The van der Waals surface area contributed by atoms with Crippen LogP contribution >= 0.6 is 11.9 Å². The van der Waals surface area contributed by atoms with Crippen LogP contribution < -0.4 is 0 Å². The number of benzene rings is 2. The smallest absolute Gasteiger partial charge is 0.305 e. The van der Waals surface area contributed by atoms with Crippen molar-refractivity contribution in [2.75, 3.05) is 13.6 Å². The summed E-state index contributed by atoms with van der Waals surface area (Å²) >= 11 is 1.62. The Kier molecular flexibility index (Phi) is 5.42. The molecule has 0 amide bonds. The molecule has 0 saturated heterocycles. The van der Waals surface area contributed by atoms with Crippen molar-refractivity contribution in [2.45, 2.75) is 36.6 Å². The molecule has 2 aromatic carbocycles. The maximum Gasteiger partial charge on any atom is 0.305 e. The van der Waals surface area contributed by atoms with Gasteiger partial charge in [-0.15, -0.1) is 0 Å². The van der Waals surface area contributed by atoms with E-state index in [-0.39, 0.29) is 12.2 Å². The van der Waals surface area contributed by atoms with E-state index in [1.165, 1.54) is 28.8 Å². The largest absolute Gasteiger partial charge is 0.481 e. The van der Waals surface area contributed by atoms with Gasteiger partial charge in [-0.2, -0.15) is 0 Å². The lowest BCUT2D eigenvalue weighted by Crippen LogP contribution is -2.16. The first-order valence-electron chi connectivity index (χ1n) is 9.49. The molecule has 1 atom stereocenters. The molecule has 1 aromatic heterocycles. The summed E-state index contributed by atoms with van der Waals surface area (Å²) in [5, 5.41) is 10.4. The maximum atomic E-state index is 13.1. The number of rotatable bonds is 7. The van der Waals surface area contributed by atoms with Gasteiger partial charge in [-0.25, -0.2) is 8.70 Å². The Bertz CT molecular complexity index is 1000. The van der Waals surface area contributed by atoms with Gasteiger partial charge in [-0.1, -0.05) is 18.2 Å². The molecular formula is C22H23FN2O2S. The molecule has 4 rings (SSSR count). The average molecular weight is 399 g/mol. The minimum Gasteiger partial charge on any atom is -0.481 e. The van der Waals surface area contributed by atoms with Gasteiger partial charge in [0.1, 0.15) is 5.82 Å². The van der Waals surface area contributed by atoms with Crippen molar-refractivity contribution in [3.63, 3.8) is 0 Å². The standard InChI is InChI=1S/C22H23FN2O2S/c1-24(28-17-9-7-16(23)8-10-17)14-15-6-11-20-22(15)18-4-2-3-5-19(18)25(20)13-12-21(26)27/h2-5,7-10,15H,6,11-14H2,1H3,(H,26,27). The molecule has 1 N–H and O–H groups in total. The third-order valence-electron chi connectivity index (χ3n) is 5.36.